The SMILES string of the molecule is NC(=O)c1cc(-c2ccc(C[SH](=O)=O)cc2)cs1. The van der Waals surface area contributed by atoms with Crippen molar-refractivity contribution >= 4 is 27.9 Å². The second-order valence-corrected chi connectivity index (χ2v) is 5.64. The van der Waals surface area contributed by atoms with Crippen molar-refractivity contribution in [1.82, 2.24) is 0 Å². The van der Waals surface area contributed by atoms with Gasteiger partial charge >= 0.3 is 0 Å². The van der Waals surface area contributed by atoms with Crippen molar-refractivity contribution in [3.63, 3.8) is 0 Å². The third-order valence-electron chi connectivity index (χ3n) is 2.44. The Bertz CT molecular complexity index is 634. The maximum atomic E-state index is 11.0. The summed E-state index contributed by atoms with van der Waals surface area (Å²) in [6, 6.07) is 8.93. The molecule has 2 N–H and O–H groups in total. The predicted octanol–water partition coefficient (Wildman–Crippen LogP) is 1.63. The maximum absolute atomic E-state index is 11.0. The lowest BCUT2D eigenvalue weighted by Gasteiger charge is -1.99. The summed E-state index contributed by atoms with van der Waals surface area (Å²) in [7, 11) is -2.40. The van der Waals surface area contributed by atoms with Crippen LogP contribution in [-0.2, 0) is 16.5 Å². The molecular weight excluding hydrogens is 270 g/mol. The highest BCUT2D eigenvalue weighted by Crippen LogP contribution is 2.25. The fourth-order valence-electron chi connectivity index (χ4n) is 1.57. The van der Waals surface area contributed by atoms with Gasteiger partial charge in [0, 0.05) is 0 Å². The molecule has 2 aromatic rings. The van der Waals surface area contributed by atoms with E-state index in [9.17, 15) is 13.2 Å². The Morgan fingerprint density at radius 2 is 1.83 bits per heavy atom. The zero-order chi connectivity index (χ0) is 13.1. The second kappa shape index (κ2) is 5.32. The molecule has 0 saturated heterocycles. The van der Waals surface area contributed by atoms with Gasteiger partial charge in [-0.1, -0.05) is 24.3 Å². The molecule has 1 aromatic heterocycles. The zero-order valence-corrected chi connectivity index (χ0v) is 11.0. The summed E-state index contributed by atoms with van der Waals surface area (Å²) in [5.74, 6) is -0.391. The van der Waals surface area contributed by atoms with Crippen molar-refractivity contribution < 1.29 is 13.2 Å². The highest BCUT2D eigenvalue weighted by Gasteiger charge is 2.06. The lowest BCUT2D eigenvalue weighted by Crippen LogP contribution is -2.08. The molecule has 0 aliphatic carbocycles. The van der Waals surface area contributed by atoms with E-state index in [0.29, 0.717) is 4.88 Å². The first-order valence-electron chi connectivity index (χ1n) is 5.15. The molecule has 0 spiro atoms. The van der Waals surface area contributed by atoms with E-state index in [1.807, 2.05) is 17.5 Å². The Kier molecular flexibility index (Phi) is 3.78. The summed E-state index contributed by atoms with van der Waals surface area (Å²) < 4.78 is 21.2. The molecule has 1 amide bonds. The van der Waals surface area contributed by atoms with Gasteiger partial charge in [0.05, 0.1) is 10.6 Å². The van der Waals surface area contributed by atoms with Crippen LogP contribution >= 0.6 is 11.3 Å². The smallest absolute Gasteiger partial charge is 0.258 e. The number of primary amides is 1. The highest BCUT2D eigenvalue weighted by atomic mass is 32.2. The largest absolute Gasteiger partial charge is 0.365 e. The van der Waals surface area contributed by atoms with Crippen LogP contribution in [0.15, 0.2) is 35.7 Å². The van der Waals surface area contributed by atoms with E-state index in [0.717, 1.165) is 16.7 Å². The van der Waals surface area contributed by atoms with Crippen LogP contribution in [0.4, 0.5) is 0 Å². The molecule has 1 aromatic carbocycles. The number of hydrogen-bond acceptors (Lipinski definition) is 4. The van der Waals surface area contributed by atoms with Crippen molar-refractivity contribution in [2.75, 3.05) is 0 Å². The average Bonchev–Trinajstić information content (AvgIpc) is 2.78. The molecular formula is C12H11NO3S2. The Morgan fingerprint density at radius 1 is 1.17 bits per heavy atom. The molecule has 0 aliphatic heterocycles. The molecule has 94 valence electrons. The molecule has 6 heteroatoms. The van der Waals surface area contributed by atoms with Crippen LogP contribution in [-0.4, -0.2) is 14.3 Å². The van der Waals surface area contributed by atoms with Crippen molar-refractivity contribution in [2.45, 2.75) is 5.75 Å². The van der Waals surface area contributed by atoms with Crippen LogP contribution in [0.2, 0.25) is 0 Å². The Hall–Kier alpha value is -1.66. The van der Waals surface area contributed by atoms with E-state index in [1.165, 1.54) is 11.3 Å². The molecule has 0 aliphatic rings. The fourth-order valence-corrected chi connectivity index (χ4v) is 2.85. The van der Waals surface area contributed by atoms with Gasteiger partial charge in [-0.25, -0.2) is 8.42 Å². The van der Waals surface area contributed by atoms with Crippen LogP contribution < -0.4 is 5.73 Å². The Morgan fingerprint density at radius 3 is 2.33 bits per heavy atom. The van der Waals surface area contributed by atoms with E-state index >= 15 is 0 Å². The predicted molar refractivity (Wildman–Crippen MR) is 72.3 cm³/mol. The summed E-state index contributed by atoms with van der Waals surface area (Å²) in [6.45, 7) is 0. The molecule has 18 heavy (non-hydrogen) atoms. The van der Waals surface area contributed by atoms with E-state index in [4.69, 9.17) is 5.73 Å². The number of thiol groups is 1. The van der Waals surface area contributed by atoms with Crippen LogP contribution in [0.25, 0.3) is 11.1 Å². The van der Waals surface area contributed by atoms with Crippen LogP contribution in [0, 0.1) is 0 Å². The topological polar surface area (TPSA) is 77.2 Å². The molecule has 0 fully saturated rings. The number of thiophene rings is 1. The van der Waals surface area contributed by atoms with E-state index < -0.39 is 16.6 Å². The molecule has 2 rings (SSSR count). The van der Waals surface area contributed by atoms with E-state index in [2.05, 4.69) is 0 Å². The molecule has 4 nitrogen and oxygen atoms in total. The van der Waals surface area contributed by atoms with Gasteiger partial charge < -0.3 is 5.73 Å². The molecule has 0 unspecified atom stereocenters. The third kappa shape index (κ3) is 2.96. The minimum atomic E-state index is -2.40. The first-order valence-corrected chi connectivity index (χ1v) is 7.40. The lowest BCUT2D eigenvalue weighted by atomic mass is 10.1. The summed E-state index contributed by atoms with van der Waals surface area (Å²) in [6.07, 6.45) is 0. The summed E-state index contributed by atoms with van der Waals surface area (Å²) in [5.41, 5.74) is 7.78. The Labute approximate surface area is 110 Å². The van der Waals surface area contributed by atoms with Gasteiger partial charge in [0.2, 0.25) is 0 Å². The summed E-state index contributed by atoms with van der Waals surface area (Å²) >= 11 is 1.30. The van der Waals surface area contributed by atoms with Crippen LogP contribution in [0.3, 0.4) is 0 Å². The van der Waals surface area contributed by atoms with Crippen molar-refractivity contribution in [3.8, 4) is 11.1 Å². The minimum absolute atomic E-state index is 0.0474. The molecule has 0 radical (unpaired) electrons. The minimum Gasteiger partial charge on any atom is -0.365 e. The monoisotopic (exact) mass is 281 g/mol. The second-order valence-electron chi connectivity index (χ2n) is 3.75. The van der Waals surface area contributed by atoms with Gasteiger partial charge in [0.1, 0.15) is 10.7 Å². The van der Waals surface area contributed by atoms with Gasteiger partial charge in [-0.15, -0.1) is 11.3 Å². The van der Waals surface area contributed by atoms with Gasteiger partial charge in [-0.3, -0.25) is 4.79 Å². The lowest BCUT2D eigenvalue weighted by molar-refractivity contribution is 0.100. The van der Waals surface area contributed by atoms with Gasteiger partial charge in [-0.05, 0) is 28.1 Å². The van der Waals surface area contributed by atoms with Gasteiger partial charge in [-0.2, -0.15) is 0 Å². The fraction of sp³-hybridized carbons (Fsp3) is 0.0833. The first-order chi connectivity index (χ1) is 8.56. The number of hydrogen-bond donors (Lipinski definition) is 2. The standard InChI is InChI=1S/C12H11NO3S2/c13-12(14)11-5-10(6-17-11)9-3-1-8(2-4-9)7-18(15)16/h1-6,18H,7H2,(H2,13,14). The third-order valence-corrected chi connectivity index (χ3v) is 4.01. The summed E-state index contributed by atoms with van der Waals surface area (Å²) in [5, 5.41) is 1.85. The molecule has 1 heterocycles. The number of benzene rings is 1. The highest BCUT2D eigenvalue weighted by molar-refractivity contribution is 7.71. The molecule has 0 bridgehead atoms. The van der Waals surface area contributed by atoms with Gasteiger partial charge in [0.15, 0.2) is 0 Å². The number of carbonyl (C=O) groups excluding carboxylic acids is 1. The van der Waals surface area contributed by atoms with E-state index in [1.54, 1.807) is 18.2 Å². The summed E-state index contributed by atoms with van der Waals surface area (Å²) in [4.78, 5) is 11.5. The first kappa shape index (κ1) is 12.8. The maximum Gasteiger partial charge on any atom is 0.258 e. The number of rotatable bonds is 4. The van der Waals surface area contributed by atoms with Crippen LogP contribution in [0.5, 0.6) is 0 Å². The Balaban J connectivity index is 2.25. The van der Waals surface area contributed by atoms with Crippen molar-refractivity contribution in [1.29, 1.82) is 0 Å². The number of amides is 1. The van der Waals surface area contributed by atoms with Crippen molar-refractivity contribution in [2.24, 2.45) is 5.73 Å². The van der Waals surface area contributed by atoms with Crippen LogP contribution in [0.1, 0.15) is 15.2 Å². The normalized spacial score (nSPS) is 10.7. The molecule has 0 atom stereocenters. The van der Waals surface area contributed by atoms with Crippen molar-refractivity contribution in [3.05, 3.63) is 46.2 Å². The van der Waals surface area contributed by atoms with E-state index in [-0.39, 0.29) is 5.75 Å². The molecule has 0 saturated carbocycles. The number of nitrogens with two attached hydrogens (primary N) is 1. The average molecular weight is 281 g/mol. The van der Waals surface area contributed by atoms with Gasteiger partial charge in [0.25, 0.3) is 5.91 Å². The number of carbonyl (C=O) groups is 1. The quantitative estimate of drug-likeness (QED) is 0.836. The zero-order valence-electron chi connectivity index (χ0n) is 9.33.